The number of hydrogen-bond acceptors (Lipinski definition) is 5. The molecule has 2 fully saturated rings. The Labute approximate surface area is 101 Å². The minimum absolute atomic E-state index is 0. The number of fused-ring (bicyclic) bond motifs is 1. The molecule has 0 aromatic rings. The standard InChI is InChI=1S/C12H18NO4.Sg/c1-5-16-9(14)12(17-13-15)7-6-11(4)8(12)10(11,2)3;/h8H,1,5-7H2,2-4H3;/q-1;. The molecule has 18 heavy (non-hydrogen) atoms. The molecule has 0 heterocycles. The van der Waals surface area contributed by atoms with Gasteiger partial charge in [-0.2, -0.15) is 0 Å². The van der Waals surface area contributed by atoms with Gasteiger partial charge in [0, 0.05) is 12.3 Å². The number of nitrogens with zero attached hydrogens (tertiary/aromatic N) is 1. The first kappa shape index (κ1) is 13.9. The topological polar surface area (TPSA) is 65.0 Å². The van der Waals surface area contributed by atoms with Crippen molar-refractivity contribution < 1.29 is 14.4 Å². The van der Waals surface area contributed by atoms with E-state index in [4.69, 9.17) is 9.57 Å². The van der Waals surface area contributed by atoms with Crippen LogP contribution in [-0.2, 0) is 14.4 Å². The van der Waals surface area contributed by atoms with Crippen LogP contribution in [0.1, 0.15) is 33.6 Å². The van der Waals surface area contributed by atoms with Crippen molar-refractivity contribution in [1.29, 1.82) is 0 Å². The summed E-state index contributed by atoms with van der Waals surface area (Å²) in [5, 5.41) is 2.50. The van der Waals surface area contributed by atoms with E-state index < -0.39 is 11.6 Å². The summed E-state index contributed by atoms with van der Waals surface area (Å²) in [6.45, 7) is 9.78. The molecule has 2 rings (SSSR count). The van der Waals surface area contributed by atoms with Crippen LogP contribution < -0.4 is 0 Å². The van der Waals surface area contributed by atoms with Crippen molar-refractivity contribution in [3.63, 3.8) is 0 Å². The Balaban J connectivity index is 0.00000162. The van der Waals surface area contributed by atoms with E-state index in [0.717, 1.165) is 6.42 Å². The number of carbonyl (C=O) groups excluding carboxylic acids is 1. The number of ether oxygens (including phenoxy) is 1. The molecule has 2 aliphatic rings. The van der Waals surface area contributed by atoms with E-state index in [2.05, 4.69) is 33.0 Å². The van der Waals surface area contributed by atoms with E-state index in [9.17, 15) is 9.70 Å². The second-order valence-electron chi connectivity index (χ2n) is 5.76. The van der Waals surface area contributed by atoms with Crippen LogP contribution in [-0.4, -0.2) is 18.2 Å². The average molecular weight is 509 g/mol. The zero-order valence-corrected chi connectivity index (χ0v) is 17.7. The Bertz CT molecular complexity index is 373. The normalized spacial score (nSPS) is 39.2. The summed E-state index contributed by atoms with van der Waals surface area (Å²) in [6.07, 6.45) is 1.33. The number of esters is 1. The van der Waals surface area contributed by atoms with Gasteiger partial charge in [-0.3, -0.25) is 0 Å². The predicted octanol–water partition coefficient (Wildman–Crippen LogP) is 2.26. The molecule has 0 amide bonds. The summed E-state index contributed by atoms with van der Waals surface area (Å²) in [5.41, 5.74) is -1.20. The molecule has 98 valence electrons. The molecule has 0 bridgehead atoms. The molecule has 5 nitrogen and oxygen atoms in total. The fourth-order valence-corrected chi connectivity index (χ4v) is 3.86. The monoisotopic (exact) mass is 511 g/mol. The van der Waals surface area contributed by atoms with Crippen molar-refractivity contribution in [1.82, 2.24) is 0 Å². The van der Waals surface area contributed by atoms with Gasteiger partial charge >= 0.3 is 5.97 Å². The summed E-state index contributed by atoms with van der Waals surface area (Å²) >= 11 is 0. The van der Waals surface area contributed by atoms with Crippen molar-refractivity contribution in [3.05, 3.63) is 11.8 Å². The fourth-order valence-electron chi connectivity index (χ4n) is 3.86. The maximum absolute atomic E-state index is 12.0. The summed E-state index contributed by atoms with van der Waals surface area (Å²) in [6, 6.07) is 0. The zero-order valence-electron chi connectivity index (χ0n) is 11.2. The van der Waals surface area contributed by atoms with Crippen LogP contribution in [0.5, 0.6) is 0 Å². The molecule has 0 spiro atoms. The van der Waals surface area contributed by atoms with E-state index in [-0.39, 0.29) is 23.4 Å². The zero-order chi connectivity index (χ0) is 12.9. The maximum Gasteiger partial charge on any atom is 0.351 e. The van der Waals surface area contributed by atoms with Crippen molar-refractivity contribution >= 4 is 5.97 Å². The van der Waals surface area contributed by atoms with Crippen LogP contribution in [0.3, 0.4) is 0 Å². The summed E-state index contributed by atoms with van der Waals surface area (Å²) < 4.78 is 4.94. The summed E-state index contributed by atoms with van der Waals surface area (Å²) in [5.74, 6) is -0.523. The Kier molecular flexibility index (Phi) is 2.85. The molecule has 3 unspecified atom stereocenters. The molecular formula is C12H18NO4Sg-. The van der Waals surface area contributed by atoms with Gasteiger partial charge in [-0.15, -0.1) is 4.91 Å². The van der Waals surface area contributed by atoms with Crippen LogP contribution in [0.15, 0.2) is 5.34 Å². The average Bonchev–Trinajstić information content (AvgIpc) is 2.55. The van der Waals surface area contributed by atoms with Gasteiger partial charge < -0.3 is 16.5 Å². The Morgan fingerprint density at radius 3 is 2.39 bits per heavy atom. The van der Waals surface area contributed by atoms with Gasteiger partial charge in [-0.25, -0.2) is 4.79 Å². The maximum atomic E-state index is 12.0. The first-order chi connectivity index (χ1) is 7.87. The van der Waals surface area contributed by atoms with Crippen molar-refractivity contribution in [3.8, 4) is 0 Å². The smallest absolute Gasteiger partial charge is 0.351 e. The Morgan fingerprint density at radius 2 is 2.00 bits per heavy atom. The SMILES string of the molecule is [CH2-]COC(=O)C1(ON=O)CCC2(C)C1C2(C)C.[Sg]. The second-order valence-corrected chi connectivity index (χ2v) is 5.76. The van der Waals surface area contributed by atoms with E-state index in [1.165, 1.54) is 0 Å². The van der Waals surface area contributed by atoms with Crippen LogP contribution in [0, 0.1) is 28.6 Å². The third-order valence-electron chi connectivity index (χ3n) is 5.01. The first-order valence-corrected chi connectivity index (χ1v) is 5.84. The summed E-state index contributed by atoms with van der Waals surface area (Å²) in [7, 11) is 0. The summed E-state index contributed by atoms with van der Waals surface area (Å²) in [4.78, 5) is 27.4. The van der Waals surface area contributed by atoms with E-state index in [1.54, 1.807) is 0 Å². The number of hydrogen-bond donors (Lipinski definition) is 0. The molecule has 2 aliphatic carbocycles. The van der Waals surface area contributed by atoms with Gasteiger partial charge in [0.05, 0.1) is 0 Å². The number of rotatable bonds is 4. The minimum Gasteiger partial charge on any atom is -0.496 e. The number of carbonyl (C=O) groups is 1. The molecule has 0 saturated heterocycles. The third-order valence-corrected chi connectivity index (χ3v) is 5.01. The van der Waals surface area contributed by atoms with Crippen molar-refractivity contribution in [2.45, 2.75) is 39.2 Å². The van der Waals surface area contributed by atoms with Gasteiger partial charge in [-0.05, 0) is 23.9 Å². The molecule has 3 atom stereocenters. The van der Waals surface area contributed by atoms with Crippen molar-refractivity contribution in [2.75, 3.05) is 6.61 Å². The van der Waals surface area contributed by atoms with Crippen LogP contribution in [0.4, 0.5) is 0 Å². The van der Waals surface area contributed by atoms with Gasteiger partial charge in [-0.1, -0.05) is 20.8 Å². The van der Waals surface area contributed by atoms with Gasteiger partial charge in [0.25, 0.3) is 0 Å². The second kappa shape index (κ2) is 3.68. The molecule has 0 N–H and O–H groups in total. The molecule has 0 aromatic heterocycles. The fraction of sp³-hybridized carbons (Fsp3) is 0.833. The van der Waals surface area contributed by atoms with E-state index in [0.29, 0.717) is 6.42 Å². The molecular weight excluding hydrogens is 491 g/mol. The molecule has 6 heteroatoms. The Morgan fingerprint density at radius 1 is 1.39 bits per heavy atom. The largest absolute Gasteiger partial charge is 0.496 e. The van der Waals surface area contributed by atoms with E-state index >= 15 is 0 Å². The van der Waals surface area contributed by atoms with Crippen LogP contribution in [0.2, 0.25) is 0 Å². The third kappa shape index (κ3) is 1.25. The van der Waals surface area contributed by atoms with Crippen LogP contribution in [0.25, 0.3) is 0 Å². The quantitative estimate of drug-likeness (QED) is 0.253. The molecule has 0 aliphatic heterocycles. The Hall–Kier alpha value is -2.13. The predicted molar refractivity (Wildman–Crippen MR) is 60.5 cm³/mol. The van der Waals surface area contributed by atoms with Gasteiger partial charge in [0.15, 0.2) is 5.34 Å². The van der Waals surface area contributed by atoms with Crippen molar-refractivity contribution in [2.24, 2.45) is 22.1 Å². The van der Waals surface area contributed by atoms with Gasteiger partial charge in [0.2, 0.25) is 5.60 Å². The molecule has 0 aromatic carbocycles. The molecule has 2 saturated carbocycles. The minimum atomic E-state index is -1.20. The first-order valence-electron chi connectivity index (χ1n) is 5.84. The van der Waals surface area contributed by atoms with Crippen LogP contribution >= 0.6 is 0 Å². The van der Waals surface area contributed by atoms with Gasteiger partial charge in [0.1, 0.15) is 0 Å². The molecule has 0 radical (unpaired) electrons. The van der Waals surface area contributed by atoms with E-state index in [1.807, 2.05) is 0 Å².